The van der Waals surface area contributed by atoms with Crippen molar-refractivity contribution in [2.45, 2.75) is 31.7 Å². The number of nitrogens with zero attached hydrogens (tertiary/aromatic N) is 2. The lowest BCUT2D eigenvalue weighted by atomic mass is 10.0. The molecule has 2 heterocycles. The molecule has 0 aliphatic carbocycles. The van der Waals surface area contributed by atoms with E-state index in [1.54, 1.807) is 13.3 Å². The predicted molar refractivity (Wildman–Crippen MR) is 102 cm³/mol. The highest BCUT2D eigenvalue weighted by Gasteiger charge is 2.26. The van der Waals surface area contributed by atoms with E-state index in [1.807, 2.05) is 36.5 Å². The van der Waals surface area contributed by atoms with Gasteiger partial charge in [0.2, 0.25) is 5.91 Å². The third kappa shape index (κ3) is 4.82. The Hall–Kier alpha value is -2.40. The summed E-state index contributed by atoms with van der Waals surface area (Å²) in [5.74, 6) is 0.960. The first-order valence-corrected chi connectivity index (χ1v) is 9.30. The fraction of sp³-hybridized carbons (Fsp3) is 0.429. The lowest BCUT2D eigenvalue weighted by molar-refractivity contribution is -0.121. The molecular weight excluding hydrogens is 326 g/mol. The van der Waals surface area contributed by atoms with Crippen LogP contribution in [-0.2, 0) is 11.2 Å². The van der Waals surface area contributed by atoms with Crippen LogP contribution in [0.3, 0.4) is 0 Å². The number of aromatic nitrogens is 1. The number of nitrogens with one attached hydrogen (secondary N) is 1. The minimum Gasteiger partial charge on any atom is -0.496 e. The third-order valence-corrected chi connectivity index (χ3v) is 4.94. The fourth-order valence-electron chi connectivity index (χ4n) is 3.53. The number of carbonyl (C=O) groups is 1. The molecule has 1 aromatic carbocycles. The van der Waals surface area contributed by atoms with Gasteiger partial charge in [0.25, 0.3) is 0 Å². The molecule has 3 rings (SSSR count). The van der Waals surface area contributed by atoms with Gasteiger partial charge in [-0.3, -0.25) is 14.7 Å². The summed E-state index contributed by atoms with van der Waals surface area (Å²) in [7, 11) is 1.70. The first-order chi connectivity index (χ1) is 12.8. The number of amides is 1. The lowest BCUT2D eigenvalue weighted by Crippen LogP contribution is -2.37. The number of ether oxygens (including phenoxy) is 1. The molecule has 0 saturated carbocycles. The van der Waals surface area contributed by atoms with Gasteiger partial charge in [0.05, 0.1) is 13.2 Å². The normalized spacial score (nSPS) is 15.6. The maximum absolute atomic E-state index is 12.3. The van der Waals surface area contributed by atoms with Gasteiger partial charge in [0, 0.05) is 30.9 Å². The Morgan fingerprint density at radius 1 is 1.23 bits per heavy atom. The summed E-state index contributed by atoms with van der Waals surface area (Å²) < 4.78 is 5.55. The van der Waals surface area contributed by atoms with Gasteiger partial charge in [-0.05, 0) is 50.0 Å². The van der Waals surface area contributed by atoms with E-state index in [0.717, 1.165) is 30.0 Å². The van der Waals surface area contributed by atoms with Crippen molar-refractivity contribution in [2.24, 2.45) is 0 Å². The highest BCUT2D eigenvalue weighted by molar-refractivity contribution is 5.76. The average Bonchev–Trinajstić information content (AvgIpc) is 3.22. The molecule has 0 radical (unpaired) electrons. The molecule has 0 spiro atoms. The summed E-state index contributed by atoms with van der Waals surface area (Å²) in [5.41, 5.74) is 2.23. The number of hydrogen-bond donors (Lipinski definition) is 1. The summed E-state index contributed by atoms with van der Waals surface area (Å²) >= 11 is 0. The molecule has 1 saturated heterocycles. The van der Waals surface area contributed by atoms with Crippen molar-refractivity contribution >= 4 is 5.91 Å². The average molecular weight is 353 g/mol. The van der Waals surface area contributed by atoms with Crippen LogP contribution in [0, 0.1) is 0 Å². The van der Waals surface area contributed by atoms with Crippen molar-refractivity contribution in [1.29, 1.82) is 0 Å². The van der Waals surface area contributed by atoms with Crippen molar-refractivity contribution in [1.82, 2.24) is 15.2 Å². The molecule has 1 fully saturated rings. The van der Waals surface area contributed by atoms with Crippen molar-refractivity contribution in [2.75, 3.05) is 26.7 Å². The molecule has 1 atom stereocenters. The standard InChI is InChI=1S/C21H27N3O2/c1-26-20-9-3-2-8-18(20)19(24-13-4-5-14-24)16-23-21(25)11-10-17-7-6-12-22-15-17/h2-3,6-9,12,15,19H,4-5,10-11,13-14,16H2,1H3,(H,23,25). The van der Waals surface area contributed by atoms with E-state index in [0.29, 0.717) is 19.4 Å². The van der Waals surface area contributed by atoms with Crippen LogP contribution in [0.2, 0.25) is 0 Å². The number of para-hydroxylation sites is 1. The van der Waals surface area contributed by atoms with Crippen molar-refractivity contribution in [3.8, 4) is 5.75 Å². The first-order valence-electron chi connectivity index (χ1n) is 9.30. The minimum absolute atomic E-state index is 0.0768. The van der Waals surface area contributed by atoms with E-state index in [2.05, 4.69) is 21.3 Å². The zero-order valence-electron chi connectivity index (χ0n) is 15.4. The van der Waals surface area contributed by atoms with Gasteiger partial charge in [0.15, 0.2) is 0 Å². The molecule has 5 heteroatoms. The van der Waals surface area contributed by atoms with E-state index in [9.17, 15) is 4.79 Å². The first kappa shape index (κ1) is 18.4. The maximum Gasteiger partial charge on any atom is 0.220 e. The molecule has 5 nitrogen and oxygen atoms in total. The SMILES string of the molecule is COc1ccccc1C(CNC(=O)CCc1cccnc1)N1CCCC1. The number of benzene rings is 1. The highest BCUT2D eigenvalue weighted by Crippen LogP contribution is 2.31. The molecule has 1 aromatic heterocycles. The summed E-state index contributed by atoms with van der Waals surface area (Å²) in [4.78, 5) is 18.9. The van der Waals surface area contributed by atoms with Crippen LogP contribution >= 0.6 is 0 Å². The quantitative estimate of drug-likeness (QED) is 0.793. The monoisotopic (exact) mass is 353 g/mol. The molecule has 1 aliphatic rings. The Morgan fingerprint density at radius 3 is 2.77 bits per heavy atom. The molecule has 138 valence electrons. The third-order valence-electron chi connectivity index (χ3n) is 4.94. The second-order valence-corrected chi connectivity index (χ2v) is 6.67. The predicted octanol–water partition coefficient (Wildman–Crippen LogP) is 2.98. The van der Waals surface area contributed by atoms with Crippen LogP contribution in [0.4, 0.5) is 0 Å². The van der Waals surface area contributed by atoms with Gasteiger partial charge in [-0.2, -0.15) is 0 Å². The van der Waals surface area contributed by atoms with Gasteiger partial charge < -0.3 is 10.1 Å². The molecule has 1 N–H and O–H groups in total. The molecule has 26 heavy (non-hydrogen) atoms. The number of likely N-dealkylation sites (tertiary alicyclic amines) is 1. The summed E-state index contributed by atoms with van der Waals surface area (Å²) in [6.45, 7) is 2.73. The van der Waals surface area contributed by atoms with Crippen molar-refractivity contribution < 1.29 is 9.53 Å². The lowest BCUT2D eigenvalue weighted by Gasteiger charge is -2.29. The van der Waals surface area contributed by atoms with E-state index >= 15 is 0 Å². The van der Waals surface area contributed by atoms with Gasteiger partial charge in [0.1, 0.15) is 5.75 Å². The van der Waals surface area contributed by atoms with Crippen molar-refractivity contribution in [3.63, 3.8) is 0 Å². The van der Waals surface area contributed by atoms with Crippen LogP contribution in [-0.4, -0.2) is 42.5 Å². The van der Waals surface area contributed by atoms with Gasteiger partial charge in [-0.1, -0.05) is 24.3 Å². The van der Waals surface area contributed by atoms with Crippen LogP contribution in [0.5, 0.6) is 5.75 Å². The number of hydrogen-bond acceptors (Lipinski definition) is 4. The molecule has 1 aliphatic heterocycles. The van der Waals surface area contributed by atoms with E-state index in [-0.39, 0.29) is 11.9 Å². The number of methoxy groups -OCH3 is 1. The van der Waals surface area contributed by atoms with Crippen molar-refractivity contribution in [3.05, 3.63) is 59.9 Å². The van der Waals surface area contributed by atoms with Gasteiger partial charge >= 0.3 is 0 Å². The second kappa shape index (κ2) is 9.34. The Bertz CT molecular complexity index is 699. The van der Waals surface area contributed by atoms with E-state index in [4.69, 9.17) is 4.74 Å². The molecule has 1 unspecified atom stereocenters. The Labute approximate surface area is 155 Å². The van der Waals surface area contributed by atoms with Crippen LogP contribution in [0.25, 0.3) is 0 Å². The minimum atomic E-state index is 0.0768. The summed E-state index contributed by atoms with van der Waals surface area (Å²) in [6, 6.07) is 12.2. The Balaban J connectivity index is 1.61. The molecular formula is C21H27N3O2. The topological polar surface area (TPSA) is 54.5 Å². The Kier molecular flexibility index (Phi) is 6.61. The van der Waals surface area contributed by atoms with Gasteiger partial charge in [-0.15, -0.1) is 0 Å². The Morgan fingerprint density at radius 2 is 2.04 bits per heavy atom. The largest absolute Gasteiger partial charge is 0.496 e. The van der Waals surface area contributed by atoms with E-state index < -0.39 is 0 Å². The smallest absolute Gasteiger partial charge is 0.220 e. The maximum atomic E-state index is 12.3. The number of carbonyl (C=O) groups excluding carboxylic acids is 1. The molecule has 2 aromatic rings. The number of pyridine rings is 1. The van der Waals surface area contributed by atoms with Crippen LogP contribution < -0.4 is 10.1 Å². The fourth-order valence-corrected chi connectivity index (χ4v) is 3.53. The summed E-state index contributed by atoms with van der Waals surface area (Å²) in [6.07, 6.45) is 7.17. The zero-order valence-corrected chi connectivity index (χ0v) is 15.4. The number of aryl methyl sites for hydroxylation is 1. The molecule has 1 amide bonds. The highest BCUT2D eigenvalue weighted by atomic mass is 16.5. The van der Waals surface area contributed by atoms with Gasteiger partial charge in [-0.25, -0.2) is 0 Å². The number of rotatable bonds is 8. The van der Waals surface area contributed by atoms with Crippen LogP contribution in [0.15, 0.2) is 48.8 Å². The second-order valence-electron chi connectivity index (χ2n) is 6.67. The molecule has 0 bridgehead atoms. The van der Waals surface area contributed by atoms with E-state index in [1.165, 1.54) is 12.8 Å². The summed E-state index contributed by atoms with van der Waals surface area (Å²) in [5, 5.41) is 3.12. The van der Waals surface area contributed by atoms with Crippen LogP contribution in [0.1, 0.15) is 36.4 Å². The zero-order chi connectivity index (χ0) is 18.2.